The SMILES string of the molecule is CC(=NNc1cnccn1)c1cc(Br)ccc1O. The Morgan fingerprint density at radius 1 is 1.39 bits per heavy atom. The predicted molar refractivity (Wildman–Crippen MR) is 73.7 cm³/mol. The molecule has 6 heteroatoms. The molecule has 0 saturated heterocycles. The summed E-state index contributed by atoms with van der Waals surface area (Å²) in [6.07, 6.45) is 4.73. The maximum atomic E-state index is 9.75. The normalized spacial score (nSPS) is 11.3. The molecule has 0 atom stereocenters. The van der Waals surface area contributed by atoms with E-state index < -0.39 is 0 Å². The van der Waals surface area contributed by atoms with Crippen LogP contribution in [-0.4, -0.2) is 20.8 Å². The van der Waals surface area contributed by atoms with Crippen LogP contribution in [0.1, 0.15) is 12.5 Å². The number of rotatable bonds is 3. The van der Waals surface area contributed by atoms with Crippen molar-refractivity contribution in [3.05, 3.63) is 46.8 Å². The first-order valence-electron chi connectivity index (χ1n) is 5.22. The second-order valence-electron chi connectivity index (χ2n) is 3.56. The van der Waals surface area contributed by atoms with E-state index in [0.717, 1.165) is 4.47 Å². The highest BCUT2D eigenvalue weighted by Gasteiger charge is 2.05. The van der Waals surface area contributed by atoms with Crippen molar-refractivity contribution in [1.82, 2.24) is 9.97 Å². The summed E-state index contributed by atoms with van der Waals surface area (Å²) in [5.41, 5.74) is 4.08. The van der Waals surface area contributed by atoms with Crippen LogP contribution in [0.4, 0.5) is 5.82 Å². The van der Waals surface area contributed by atoms with Crippen molar-refractivity contribution in [2.75, 3.05) is 5.43 Å². The van der Waals surface area contributed by atoms with Crippen LogP contribution in [0.2, 0.25) is 0 Å². The van der Waals surface area contributed by atoms with E-state index in [-0.39, 0.29) is 5.75 Å². The summed E-state index contributed by atoms with van der Waals surface area (Å²) < 4.78 is 0.879. The monoisotopic (exact) mass is 306 g/mol. The number of hydrazone groups is 1. The number of phenolic OH excluding ortho intramolecular Hbond substituents is 1. The summed E-state index contributed by atoms with van der Waals surface area (Å²) in [6, 6.07) is 5.18. The fourth-order valence-electron chi connectivity index (χ4n) is 1.36. The molecule has 18 heavy (non-hydrogen) atoms. The second-order valence-corrected chi connectivity index (χ2v) is 4.48. The van der Waals surface area contributed by atoms with Crippen molar-refractivity contribution < 1.29 is 5.11 Å². The highest BCUT2D eigenvalue weighted by Crippen LogP contribution is 2.22. The summed E-state index contributed by atoms with van der Waals surface area (Å²) >= 11 is 3.35. The average molecular weight is 307 g/mol. The third kappa shape index (κ3) is 3.04. The summed E-state index contributed by atoms with van der Waals surface area (Å²) in [5, 5.41) is 13.9. The molecule has 0 radical (unpaired) electrons. The maximum Gasteiger partial charge on any atom is 0.164 e. The van der Waals surface area contributed by atoms with Gasteiger partial charge >= 0.3 is 0 Å². The van der Waals surface area contributed by atoms with Crippen LogP contribution in [0.15, 0.2) is 46.4 Å². The van der Waals surface area contributed by atoms with Crippen LogP contribution >= 0.6 is 15.9 Å². The van der Waals surface area contributed by atoms with Gasteiger partial charge in [-0.25, -0.2) is 4.98 Å². The van der Waals surface area contributed by atoms with Gasteiger partial charge in [0, 0.05) is 22.4 Å². The van der Waals surface area contributed by atoms with Crippen molar-refractivity contribution in [3.8, 4) is 5.75 Å². The maximum absolute atomic E-state index is 9.75. The Hall–Kier alpha value is -1.95. The van der Waals surface area contributed by atoms with E-state index in [2.05, 4.69) is 36.4 Å². The minimum atomic E-state index is 0.181. The highest BCUT2D eigenvalue weighted by atomic mass is 79.9. The van der Waals surface area contributed by atoms with Crippen molar-refractivity contribution in [1.29, 1.82) is 0 Å². The summed E-state index contributed by atoms with van der Waals surface area (Å²) in [7, 11) is 0. The van der Waals surface area contributed by atoms with Crippen molar-refractivity contribution in [3.63, 3.8) is 0 Å². The molecule has 0 aliphatic carbocycles. The zero-order chi connectivity index (χ0) is 13.0. The molecular weight excluding hydrogens is 296 g/mol. The molecule has 0 bridgehead atoms. The molecule has 0 unspecified atom stereocenters. The second kappa shape index (κ2) is 5.59. The number of aromatic nitrogens is 2. The topological polar surface area (TPSA) is 70.4 Å². The zero-order valence-corrected chi connectivity index (χ0v) is 11.2. The Kier molecular flexibility index (Phi) is 3.88. The molecule has 1 heterocycles. The smallest absolute Gasteiger partial charge is 0.164 e. The number of halogens is 1. The molecule has 0 saturated carbocycles. The molecule has 92 valence electrons. The van der Waals surface area contributed by atoms with Crippen LogP contribution in [0, 0.1) is 0 Å². The van der Waals surface area contributed by atoms with Gasteiger partial charge in [-0.05, 0) is 25.1 Å². The van der Waals surface area contributed by atoms with Gasteiger partial charge < -0.3 is 5.11 Å². The van der Waals surface area contributed by atoms with E-state index in [0.29, 0.717) is 17.1 Å². The van der Waals surface area contributed by atoms with Crippen molar-refractivity contribution in [2.24, 2.45) is 5.10 Å². The molecule has 2 aromatic rings. The Morgan fingerprint density at radius 2 is 2.22 bits per heavy atom. The number of hydrogen-bond donors (Lipinski definition) is 2. The van der Waals surface area contributed by atoms with Gasteiger partial charge in [0.05, 0.1) is 11.9 Å². The lowest BCUT2D eigenvalue weighted by Crippen LogP contribution is -2.01. The van der Waals surface area contributed by atoms with E-state index in [1.54, 1.807) is 43.7 Å². The van der Waals surface area contributed by atoms with Gasteiger partial charge in [0.1, 0.15) is 5.75 Å². The predicted octanol–water partition coefficient (Wildman–Crippen LogP) is 2.78. The number of hydrogen-bond acceptors (Lipinski definition) is 5. The molecule has 0 spiro atoms. The number of aromatic hydroxyl groups is 1. The number of nitrogens with zero attached hydrogens (tertiary/aromatic N) is 3. The molecule has 0 amide bonds. The first-order chi connectivity index (χ1) is 8.66. The van der Waals surface area contributed by atoms with Crippen molar-refractivity contribution in [2.45, 2.75) is 6.92 Å². The summed E-state index contributed by atoms with van der Waals surface area (Å²) in [5.74, 6) is 0.728. The van der Waals surface area contributed by atoms with Gasteiger partial charge in [0.2, 0.25) is 0 Å². The largest absolute Gasteiger partial charge is 0.507 e. The Balaban J connectivity index is 2.20. The highest BCUT2D eigenvalue weighted by molar-refractivity contribution is 9.10. The Labute approximate surface area is 113 Å². The van der Waals surface area contributed by atoms with Crippen LogP contribution in [0.3, 0.4) is 0 Å². The third-order valence-electron chi connectivity index (χ3n) is 2.25. The van der Waals surface area contributed by atoms with Crippen molar-refractivity contribution >= 4 is 27.5 Å². The van der Waals surface area contributed by atoms with E-state index in [9.17, 15) is 5.11 Å². The van der Waals surface area contributed by atoms with Gasteiger partial charge in [-0.3, -0.25) is 10.4 Å². The number of anilines is 1. The fraction of sp³-hybridized carbons (Fsp3) is 0.0833. The Morgan fingerprint density at radius 3 is 2.94 bits per heavy atom. The van der Waals surface area contributed by atoms with Gasteiger partial charge in [-0.2, -0.15) is 5.10 Å². The Bertz CT molecular complexity index is 572. The fourth-order valence-corrected chi connectivity index (χ4v) is 1.72. The van der Waals surface area contributed by atoms with E-state index in [4.69, 9.17) is 0 Å². The number of phenols is 1. The van der Waals surface area contributed by atoms with E-state index in [1.165, 1.54) is 0 Å². The molecule has 0 fully saturated rings. The van der Waals surface area contributed by atoms with Gasteiger partial charge in [0.25, 0.3) is 0 Å². The number of benzene rings is 1. The molecule has 0 aliphatic heterocycles. The standard InChI is InChI=1S/C12H11BrN4O/c1-8(10-6-9(13)2-3-11(10)18)16-17-12-7-14-4-5-15-12/h2-7,18H,1H3,(H,15,17). The molecule has 1 aromatic carbocycles. The lowest BCUT2D eigenvalue weighted by atomic mass is 10.1. The average Bonchev–Trinajstić information content (AvgIpc) is 2.40. The molecular formula is C12H11BrN4O. The van der Waals surface area contributed by atoms with Crippen LogP contribution in [-0.2, 0) is 0 Å². The molecule has 0 aliphatic rings. The van der Waals surface area contributed by atoms with E-state index in [1.807, 2.05) is 0 Å². The molecule has 2 rings (SSSR count). The van der Waals surface area contributed by atoms with Gasteiger partial charge in [-0.1, -0.05) is 15.9 Å². The molecule has 5 nitrogen and oxygen atoms in total. The van der Waals surface area contributed by atoms with Gasteiger partial charge in [0.15, 0.2) is 5.82 Å². The summed E-state index contributed by atoms with van der Waals surface area (Å²) in [6.45, 7) is 1.80. The number of nitrogens with one attached hydrogen (secondary N) is 1. The zero-order valence-electron chi connectivity index (χ0n) is 9.63. The minimum Gasteiger partial charge on any atom is -0.507 e. The first kappa shape index (κ1) is 12.5. The van der Waals surface area contributed by atoms with Crippen LogP contribution in [0.5, 0.6) is 5.75 Å². The minimum absolute atomic E-state index is 0.181. The lowest BCUT2D eigenvalue weighted by molar-refractivity contribution is 0.474. The lowest BCUT2D eigenvalue weighted by Gasteiger charge is -2.05. The molecule has 2 N–H and O–H groups in total. The van der Waals surface area contributed by atoms with E-state index >= 15 is 0 Å². The summed E-state index contributed by atoms with van der Waals surface area (Å²) in [4.78, 5) is 7.95. The van der Waals surface area contributed by atoms with Crippen LogP contribution < -0.4 is 5.43 Å². The van der Waals surface area contributed by atoms with Crippen LogP contribution in [0.25, 0.3) is 0 Å². The third-order valence-corrected chi connectivity index (χ3v) is 2.74. The first-order valence-corrected chi connectivity index (χ1v) is 6.01. The quantitative estimate of drug-likeness (QED) is 0.676. The molecule has 1 aromatic heterocycles. The van der Waals surface area contributed by atoms with Gasteiger partial charge in [-0.15, -0.1) is 0 Å².